The molecular formula is C41H42BrN9O5. The first-order valence-electron chi connectivity index (χ1n) is 19.1. The van der Waals surface area contributed by atoms with Gasteiger partial charge in [-0.25, -0.2) is 9.97 Å². The van der Waals surface area contributed by atoms with E-state index >= 15 is 0 Å². The fourth-order valence-corrected chi connectivity index (χ4v) is 9.16. The van der Waals surface area contributed by atoms with Crippen molar-refractivity contribution in [2.45, 2.75) is 44.9 Å². The van der Waals surface area contributed by atoms with E-state index in [1.165, 1.54) is 0 Å². The summed E-state index contributed by atoms with van der Waals surface area (Å²) in [5, 5.41) is 6.86. The van der Waals surface area contributed by atoms with Crippen LogP contribution in [0.5, 0.6) is 11.5 Å². The molecule has 3 aromatic heterocycles. The number of hydrogen-bond donors (Lipinski definition) is 2. The number of piperidine rings is 1. The van der Waals surface area contributed by atoms with E-state index in [0.29, 0.717) is 70.9 Å². The fraction of sp³-hybridized carbons (Fsp3) is 0.390. The zero-order chi connectivity index (χ0) is 38.7. The van der Waals surface area contributed by atoms with Gasteiger partial charge in [0.25, 0.3) is 5.91 Å². The number of hydrogen-bond acceptors (Lipinski definition) is 9. The van der Waals surface area contributed by atoms with Crippen LogP contribution >= 0.6 is 15.9 Å². The molecule has 4 saturated heterocycles. The molecule has 0 aliphatic carbocycles. The van der Waals surface area contributed by atoms with E-state index < -0.39 is 0 Å². The molecule has 5 aromatic rings. The average Bonchev–Trinajstić information content (AvgIpc) is 3.98. The van der Waals surface area contributed by atoms with Crippen LogP contribution in [-0.2, 0) is 21.4 Å². The van der Waals surface area contributed by atoms with Crippen molar-refractivity contribution in [1.82, 2.24) is 39.8 Å². The summed E-state index contributed by atoms with van der Waals surface area (Å²) in [5.74, 6) is 1.29. The highest BCUT2D eigenvalue weighted by atomic mass is 79.9. The molecule has 0 unspecified atom stereocenters. The summed E-state index contributed by atoms with van der Waals surface area (Å²) < 4.78 is 8.70. The molecule has 15 heteroatoms. The van der Waals surface area contributed by atoms with Crippen LogP contribution in [-0.4, -0.2) is 97.4 Å². The van der Waals surface area contributed by atoms with Crippen LogP contribution in [0.3, 0.4) is 0 Å². The summed E-state index contributed by atoms with van der Waals surface area (Å²) in [4.78, 5) is 69.5. The molecule has 7 heterocycles. The number of likely N-dealkylation sites (tertiary alicyclic amines) is 2. The molecule has 0 bridgehead atoms. The minimum absolute atomic E-state index is 0.0520. The molecule has 0 radical (unpaired) electrons. The lowest BCUT2D eigenvalue weighted by Gasteiger charge is -2.49. The van der Waals surface area contributed by atoms with Crippen LogP contribution in [0.2, 0.25) is 0 Å². The number of fused-ring (bicyclic) bond motifs is 1. The number of carbonyl (C=O) groups excluding carboxylic acids is 4. The maximum Gasteiger partial charge on any atom is 0.253 e. The molecule has 1 spiro atoms. The number of halogens is 1. The van der Waals surface area contributed by atoms with Crippen LogP contribution in [0.4, 0.5) is 5.69 Å². The number of aromatic amines is 1. The first-order valence-corrected chi connectivity index (χ1v) is 19.9. The van der Waals surface area contributed by atoms with E-state index in [0.717, 1.165) is 61.5 Å². The number of imidazole rings is 1. The Balaban J connectivity index is 0.761. The summed E-state index contributed by atoms with van der Waals surface area (Å²) >= 11 is 3.57. The second kappa shape index (κ2) is 14.2. The fourth-order valence-electron chi connectivity index (χ4n) is 8.78. The van der Waals surface area contributed by atoms with Crippen molar-refractivity contribution in [3.05, 3.63) is 82.2 Å². The topological polar surface area (TPSA) is 159 Å². The highest BCUT2D eigenvalue weighted by Crippen LogP contribution is 2.43. The minimum atomic E-state index is -0.286. The third-order valence-corrected chi connectivity index (χ3v) is 12.4. The van der Waals surface area contributed by atoms with Gasteiger partial charge in [-0.2, -0.15) is 5.10 Å². The minimum Gasteiger partial charge on any atom is -0.454 e. The van der Waals surface area contributed by atoms with E-state index in [4.69, 9.17) is 4.74 Å². The number of rotatable bonds is 8. The summed E-state index contributed by atoms with van der Waals surface area (Å²) in [6, 6.07) is 15.2. The monoisotopic (exact) mass is 819 g/mol. The Morgan fingerprint density at radius 2 is 1.79 bits per heavy atom. The highest BCUT2D eigenvalue weighted by Gasteiger charge is 2.49. The van der Waals surface area contributed by atoms with Gasteiger partial charge in [-0.3, -0.25) is 29.2 Å². The Labute approximate surface area is 331 Å². The largest absolute Gasteiger partial charge is 0.454 e. The molecule has 4 fully saturated rings. The van der Waals surface area contributed by atoms with Gasteiger partial charge < -0.3 is 24.4 Å². The Bertz CT molecular complexity index is 2370. The number of pyridine rings is 1. The number of amides is 4. The molecule has 56 heavy (non-hydrogen) atoms. The Morgan fingerprint density at radius 3 is 2.52 bits per heavy atom. The number of carbonyl (C=O) groups is 4. The molecule has 4 amide bonds. The summed E-state index contributed by atoms with van der Waals surface area (Å²) in [6.45, 7) is 6.42. The Kier molecular flexibility index (Phi) is 9.14. The van der Waals surface area contributed by atoms with Crippen LogP contribution in [0, 0.1) is 18.3 Å². The third kappa shape index (κ3) is 6.82. The van der Waals surface area contributed by atoms with Crippen LogP contribution in [0.15, 0.2) is 65.4 Å². The van der Waals surface area contributed by atoms with E-state index in [2.05, 4.69) is 58.3 Å². The van der Waals surface area contributed by atoms with Crippen molar-refractivity contribution in [3.63, 3.8) is 0 Å². The van der Waals surface area contributed by atoms with Crippen molar-refractivity contribution in [3.8, 4) is 22.9 Å². The molecule has 2 aromatic carbocycles. The van der Waals surface area contributed by atoms with Gasteiger partial charge in [0.1, 0.15) is 17.1 Å². The normalized spacial score (nSPS) is 20.5. The van der Waals surface area contributed by atoms with Crippen LogP contribution in [0.1, 0.15) is 59.6 Å². The number of benzene rings is 2. The second-order valence-corrected chi connectivity index (χ2v) is 16.6. The summed E-state index contributed by atoms with van der Waals surface area (Å²) in [6.07, 6.45) is 6.70. The molecule has 4 aliphatic rings. The van der Waals surface area contributed by atoms with Gasteiger partial charge in [-0.05, 0) is 90.0 Å². The van der Waals surface area contributed by atoms with Crippen molar-refractivity contribution >= 4 is 56.4 Å². The first kappa shape index (κ1) is 36.1. The number of imide groups is 1. The molecule has 9 rings (SSSR count). The zero-order valence-corrected chi connectivity index (χ0v) is 32.8. The number of aryl methyl sites for hydroxylation is 2. The van der Waals surface area contributed by atoms with E-state index in [1.54, 1.807) is 35.1 Å². The standard InChI is InChI=1S/C41H42BrN9O5/c1-24-31(20-48(2)47-24)37-45-35-36(32(42)18-43-38(35)46-37)56-29-9-5-27(6-10-29)40(55)49-15-13-25(19-49)17-34(53)50-16-14-41(21-50)22-51(23-41)28-7-3-26(4-8-28)30-11-12-33(52)44-39(30)54/h3-10,18,20,25,30H,11-17,19,21-23H2,1-2H3,(H,43,45,46)(H,44,52,54)/t25-,30+/m1/s1. The van der Waals surface area contributed by atoms with Gasteiger partial charge in [-0.15, -0.1) is 0 Å². The summed E-state index contributed by atoms with van der Waals surface area (Å²) in [7, 11) is 1.87. The molecule has 288 valence electrons. The van der Waals surface area contributed by atoms with Gasteiger partial charge in [0, 0.05) is 88.2 Å². The van der Waals surface area contributed by atoms with E-state index in [9.17, 15) is 19.2 Å². The van der Waals surface area contributed by atoms with Crippen molar-refractivity contribution in [2.75, 3.05) is 44.2 Å². The highest BCUT2D eigenvalue weighted by molar-refractivity contribution is 9.10. The lowest BCUT2D eigenvalue weighted by Crippen LogP contribution is -2.58. The van der Waals surface area contributed by atoms with Crippen molar-refractivity contribution in [1.29, 1.82) is 0 Å². The molecular weight excluding hydrogens is 778 g/mol. The number of anilines is 1. The van der Waals surface area contributed by atoms with Crippen LogP contribution in [0.25, 0.3) is 22.6 Å². The number of H-pyrrole nitrogens is 1. The Morgan fingerprint density at radius 1 is 1.00 bits per heavy atom. The molecule has 4 aliphatic heterocycles. The molecule has 2 atom stereocenters. The van der Waals surface area contributed by atoms with E-state index in [-0.39, 0.29) is 40.9 Å². The second-order valence-electron chi connectivity index (χ2n) is 15.8. The predicted molar refractivity (Wildman–Crippen MR) is 211 cm³/mol. The van der Waals surface area contributed by atoms with Crippen molar-refractivity contribution in [2.24, 2.45) is 18.4 Å². The average molecular weight is 821 g/mol. The lowest BCUT2D eigenvalue weighted by atomic mass is 9.78. The van der Waals surface area contributed by atoms with Gasteiger partial charge in [-0.1, -0.05) is 12.1 Å². The van der Waals surface area contributed by atoms with Gasteiger partial charge in [0.05, 0.1) is 21.6 Å². The van der Waals surface area contributed by atoms with Gasteiger partial charge in [0.2, 0.25) is 17.7 Å². The first-order chi connectivity index (χ1) is 27.0. The number of nitrogens with one attached hydrogen (secondary N) is 2. The van der Waals surface area contributed by atoms with Crippen molar-refractivity contribution < 1.29 is 23.9 Å². The molecule has 0 saturated carbocycles. The van der Waals surface area contributed by atoms with Crippen LogP contribution < -0.4 is 15.0 Å². The lowest BCUT2D eigenvalue weighted by molar-refractivity contribution is -0.134. The maximum atomic E-state index is 13.5. The maximum absolute atomic E-state index is 13.5. The number of nitrogens with zero attached hydrogens (tertiary/aromatic N) is 7. The number of aromatic nitrogens is 5. The third-order valence-electron chi connectivity index (χ3n) is 11.8. The predicted octanol–water partition coefficient (Wildman–Crippen LogP) is 5.33. The van der Waals surface area contributed by atoms with Gasteiger partial charge in [0.15, 0.2) is 11.4 Å². The summed E-state index contributed by atoms with van der Waals surface area (Å²) in [5.41, 5.74) is 5.60. The quantitative estimate of drug-likeness (QED) is 0.198. The molecule has 2 N–H and O–H groups in total. The SMILES string of the molecule is Cc1nn(C)cc1-c1nc2ncc(Br)c(Oc3ccc(C(=O)N4CC[C@H](CC(=O)N5CCC6(C5)CN(c5ccc([C@@H]7CCC(=O)NC7=O)cc5)C6)C4)cc3)c2[nH]1. The smallest absolute Gasteiger partial charge is 0.253 e. The van der Waals surface area contributed by atoms with Gasteiger partial charge >= 0.3 is 0 Å². The molecule has 14 nitrogen and oxygen atoms in total. The zero-order valence-electron chi connectivity index (χ0n) is 31.3. The van der Waals surface area contributed by atoms with E-state index in [1.807, 2.05) is 42.1 Å². The Hall–Kier alpha value is -5.57. The number of ether oxygens (including phenoxy) is 1.